The molecule has 106 valence electrons. The number of nitrogens with one attached hydrogen (secondary N) is 1. The fourth-order valence-electron chi connectivity index (χ4n) is 2.50. The smallest absolute Gasteiger partial charge is 0.382 e. The Balaban J connectivity index is 2.13. The van der Waals surface area contributed by atoms with Crippen LogP contribution in [0.1, 0.15) is 25.7 Å². The molecule has 1 N–H and O–H groups in total. The number of anilines is 1. The Labute approximate surface area is 123 Å². The third-order valence-corrected chi connectivity index (χ3v) is 4.69. The quantitative estimate of drug-likeness (QED) is 0.723. The van der Waals surface area contributed by atoms with Crippen LogP contribution in [-0.4, -0.2) is 12.2 Å². The minimum atomic E-state index is -4.14. The molecule has 1 aromatic carbocycles. The molecule has 0 amide bonds. The second kappa shape index (κ2) is 5.92. The van der Waals surface area contributed by atoms with E-state index in [9.17, 15) is 13.2 Å². The van der Waals surface area contributed by atoms with Crippen molar-refractivity contribution in [3.8, 4) is 0 Å². The van der Waals surface area contributed by atoms with Crippen LogP contribution in [0.4, 0.5) is 18.9 Å². The highest BCUT2D eigenvalue weighted by Gasteiger charge is 2.45. The fourth-order valence-corrected chi connectivity index (χ4v) is 2.92. The van der Waals surface area contributed by atoms with Gasteiger partial charge in [-0.25, -0.2) is 0 Å². The standard InChI is InChI=1S/C13H14BrClF3N/c14-10-6-5-8(7-11(10)15)19-12-4-2-1-3-9(12)13(16,17)18/h5-7,9,12,19H,1-4H2. The van der Waals surface area contributed by atoms with Gasteiger partial charge in [0.2, 0.25) is 0 Å². The number of hydrogen-bond acceptors (Lipinski definition) is 1. The largest absolute Gasteiger partial charge is 0.393 e. The Morgan fingerprint density at radius 3 is 2.53 bits per heavy atom. The van der Waals surface area contributed by atoms with E-state index in [1.54, 1.807) is 18.2 Å². The summed E-state index contributed by atoms with van der Waals surface area (Å²) in [7, 11) is 0. The van der Waals surface area contributed by atoms with Crippen LogP contribution in [0.15, 0.2) is 22.7 Å². The molecule has 2 unspecified atom stereocenters. The summed E-state index contributed by atoms with van der Waals surface area (Å²) < 4.78 is 39.6. The van der Waals surface area contributed by atoms with E-state index in [4.69, 9.17) is 11.6 Å². The highest BCUT2D eigenvalue weighted by molar-refractivity contribution is 9.10. The monoisotopic (exact) mass is 355 g/mol. The SMILES string of the molecule is FC(F)(F)C1CCCCC1Nc1ccc(Br)c(Cl)c1. The van der Waals surface area contributed by atoms with Crippen molar-refractivity contribution in [2.24, 2.45) is 5.92 Å². The molecule has 0 aromatic heterocycles. The van der Waals surface area contributed by atoms with Gasteiger partial charge in [-0.15, -0.1) is 0 Å². The number of benzene rings is 1. The van der Waals surface area contributed by atoms with E-state index in [1.165, 1.54) is 0 Å². The van der Waals surface area contributed by atoms with Gasteiger partial charge in [-0.3, -0.25) is 0 Å². The van der Waals surface area contributed by atoms with Crippen LogP contribution in [0.25, 0.3) is 0 Å². The van der Waals surface area contributed by atoms with Crippen molar-refractivity contribution < 1.29 is 13.2 Å². The van der Waals surface area contributed by atoms with Gasteiger partial charge in [0, 0.05) is 16.2 Å². The van der Waals surface area contributed by atoms with Crippen molar-refractivity contribution in [2.75, 3.05) is 5.32 Å². The summed E-state index contributed by atoms with van der Waals surface area (Å²) in [4.78, 5) is 0. The molecule has 0 aliphatic heterocycles. The van der Waals surface area contributed by atoms with Crippen LogP contribution in [0.2, 0.25) is 5.02 Å². The molecule has 1 aliphatic carbocycles. The van der Waals surface area contributed by atoms with Gasteiger partial charge in [-0.2, -0.15) is 13.2 Å². The van der Waals surface area contributed by atoms with Crippen LogP contribution in [0, 0.1) is 5.92 Å². The van der Waals surface area contributed by atoms with E-state index >= 15 is 0 Å². The molecule has 0 radical (unpaired) electrons. The van der Waals surface area contributed by atoms with Gasteiger partial charge in [0.1, 0.15) is 0 Å². The average Bonchev–Trinajstić information content (AvgIpc) is 2.33. The lowest BCUT2D eigenvalue weighted by Gasteiger charge is -2.34. The summed E-state index contributed by atoms with van der Waals surface area (Å²) >= 11 is 9.21. The zero-order chi connectivity index (χ0) is 14.0. The predicted molar refractivity (Wildman–Crippen MR) is 74.6 cm³/mol. The summed E-state index contributed by atoms with van der Waals surface area (Å²) in [5, 5.41) is 3.47. The summed E-state index contributed by atoms with van der Waals surface area (Å²) in [6.07, 6.45) is -1.93. The molecule has 19 heavy (non-hydrogen) atoms. The Kier molecular flexibility index (Phi) is 4.66. The van der Waals surface area contributed by atoms with Gasteiger partial charge < -0.3 is 5.32 Å². The van der Waals surface area contributed by atoms with Gasteiger partial charge >= 0.3 is 6.18 Å². The molecular formula is C13H14BrClF3N. The first kappa shape index (κ1) is 15.0. The zero-order valence-corrected chi connectivity index (χ0v) is 12.4. The Morgan fingerprint density at radius 2 is 1.89 bits per heavy atom. The van der Waals surface area contributed by atoms with Crippen LogP contribution in [0.5, 0.6) is 0 Å². The van der Waals surface area contributed by atoms with E-state index in [1.807, 2.05) is 0 Å². The maximum atomic E-state index is 13.0. The molecular weight excluding hydrogens is 343 g/mol. The van der Waals surface area contributed by atoms with Crippen molar-refractivity contribution in [1.82, 2.24) is 0 Å². The lowest BCUT2D eigenvalue weighted by atomic mass is 9.84. The maximum Gasteiger partial charge on any atom is 0.393 e. The molecule has 2 atom stereocenters. The third-order valence-electron chi connectivity index (χ3n) is 3.46. The van der Waals surface area contributed by atoms with E-state index in [2.05, 4.69) is 21.2 Å². The number of hydrogen-bond donors (Lipinski definition) is 1. The third kappa shape index (κ3) is 3.78. The molecule has 1 aliphatic rings. The van der Waals surface area contributed by atoms with Gasteiger partial charge in [0.05, 0.1) is 10.9 Å². The average molecular weight is 357 g/mol. The second-order valence-corrected chi connectivity index (χ2v) is 6.07. The van der Waals surface area contributed by atoms with E-state index in [0.29, 0.717) is 23.6 Å². The molecule has 0 spiro atoms. The highest BCUT2D eigenvalue weighted by Crippen LogP contribution is 2.39. The van der Waals surface area contributed by atoms with Gasteiger partial charge in [0.15, 0.2) is 0 Å². The van der Waals surface area contributed by atoms with Crippen LogP contribution < -0.4 is 5.32 Å². The van der Waals surface area contributed by atoms with Gasteiger partial charge in [-0.05, 0) is 47.0 Å². The first-order chi connectivity index (χ1) is 8.88. The minimum absolute atomic E-state index is 0.200. The molecule has 1 aromatic rings. The molecule has 1 saturated carbocycles. The first-order valence-corrected chi connectivity index (χ1v) is 7.33. The maximum absolute atomic E-state index is 13.0. The number of rotatable bonds is 2. The van der Waals surface area contributed by atoms with Crippen LogP contribution in [-0.2, 0) is 0 Å². The molecule has 2 rings (SSSR count). The van der Waals surface area contributed by atoms with Crippen LogP contribution >= 0.6 is 27.5 Å². The van der Waals surface area contributed by atoms with Crippen LogP contribution in [0.3, 0.4) is 0 Å². The van der Waals surface area contributed by atoms with Crippen molar-refractivity contribution in [3.05, 3.63) is 27.7 Å². The highest BCUT2D eigenvalue weighted by atomic mass is 79.9. The minimum Gasteiger partial charge on any atom is -0.382 e. The summed E-state index contributed by atoms with van der Waals surface area (Å²) in [5.41, 5.74) is 0.634. The molecule has 0 bridgehead atoms. The lowest BCUT2D eigenvalue weighted by Crippen LogP contribution is -2.41. The molecule has 6 heteroatoms. The second-order valence-electron chi connectivity index (χ2n) is 4.81. The summed E-state index contributed by atoms with van der Waals surface area (Å²) in [5.74, 6) is -1.27. The topological polar surface area (TPSA) is 12.0 Å². The van der Waals surface area contributed by atoms with Crippen molar-refractivity contribution in [3.63, 3.8) is 0 Å². The summed E-state index contributed by atoms with van der Waals surface area (Å²) in [6.45, 7) is 0. The van der Waals surface area contributed by atoms with E-state index in [0.717, 1.165) is 10.9 Å². The molecule has 1 nitrogen and oxygen atoms in total. The fraction of sp³-hybridized carbons (Fsp3) is 0.538. The van der Waals surface area contributed by atoms with Crippen molar-refractivity contribution >= 4 is 33.2 Å². The first-order valence-electron chi connectivity index (χ1n) is 6.16. The van der Waals surface area contributed by atoms with Gasteiger partial charge in [-0.1, -0.05) is 24.4 Å². The lowest BCUT2D eigenvalue weighted by molar-refractivity contribution is -0.184. The van der Waals surface area contributed by atoms with Crippen molar-refractivity contribution in [1.29, 1.82) is 0 Å². The Morgan fingerprint density at radius 1 is 1.21 bits per heavy atom. The van der Waals surface area contributed by atoms with Gasteiger partial charge in [0.25, 0.3) is 0 Å². The number of halogens is 5. The summed E-state index contributed by atoms with van der Waals surface area (Å²) in [6, 6.07) is 4.55. The molecule has 0 saturated heterocycles. The Bertz CT molecular complexity index is 450. The zero-order valence-electron chi connectivity index (χ0n) is 10.1. The van der Waals surface area contributed by atoms with E-state index < -0.39 is 18.1 Å². The normalized spacial score (nSPS) is 24.3. The van der Waals surface area contributed by atoms with Crippen molar-refractivity contribution in [2.45, 2.75) is 37.9 Å². The predicted octanol–water partition coefficient (Wildman–Crippen LogP) is 5.64. The molecule has 1 fully saturated rings. The van der Waals surface area contributed by atoms with E-state index in [-0.39, 0.29) is 6.42 Å². The Hall–Kier alpha value is -0.420. The molecule has 0 heterocycles. The number of alkyl halides is 3.